The average molecular weight is 244 g/mol. The monoisotopic (exact) mass is 244 g/mol. The van der Waals surface area contributed by atoms with E-state index in [9.17, 15) is 12.8 Å². The van der Waals surface area contributed by atoms with Crippen LogP contribution in [0, 0.1) is 5.95 Å². The molecule has 0 bridgehead atoms. The standard InChI is InChI=1S/C10H13FN2O2S/c1-3-16(14,15)12-7-8(2)9-5-4-6-10(11)13-9/h3-6,8,12H,1,7H2,2H3. The molecule has 1 heterocycles. The summed E-state index contributed by atoms with van der Waals surface area (Å²) in [7, 11) is -3.44. The van der Waals surface area contributed by atoms with Gasteiger partial charge < -0.3 is 0 Å². The highest BCUT2D eigenvalue weighted by Crippen LogP contribution is 2.11. The molecule has 0 aliphatic rings. The van der Waals surface area contributed by atoms with Gasteiger partial charge >= 0.3 is 0 Å². The molecule has 0 fully saturated rings. The zero-order chi connectivity index (χ0) is 12.2. The predicted molar refractivity (Wildman–Crippen MR) is 59.7 cm³/mol. The first kappa shape index (κ1) is 12.8. The van der Waals surface area contributed by atoms with Crippen molar-refractivity contribution >= 4 is 10.0 Å². The van der Waals surface area contributed by atoms with Crippen LogP contribution in [0.1, 0.15) is 18.5 Å². The Balaban J connectivity index is 2.66. The molecule has 16 heavy (non-hydrogen) atoms. The molecule has 0 aromatic carbocycles. The van der Waals surface area contributed by atoms with Crippen molar-refractivity contribution in [3.63, 3.8) is 0 Å². The summed E-state index contributed by atoms with van der Waals surface area (Å²) in [5, 5.41) is 0.832. The maximum absolute atomic E-state index is 12.8. The minimum absolute atomic E-state index is 0.158. The van der Waals surface area contributed by atoms with E-state index in [0.717, 1.165) is 5.41 Å². The molecule has 6 heteroatoms. The minimum atomic E-state index is -3.44. The van der Waals surface area contributed by atoms with E-state index in [1.807, 2.05) is 0 Å². The van der Waals surface area contributed by atoms with E-state index in [0.29, 0.717) is 5.69 Å². The van der Waals surface area contributed by atoms with Crippen LogP contribution in [0.2, 0.25) is 0 Å². The first-order chi connectivity index (χ1) is 7.44. The number of rotatable bonds is 5. The summed E-state index contributed by atoms with van der Waals surface area (Å²) in [6, 6.07) is 4.43. The van der Waals surface area contributed by atoms with Crippen LogP contribution in [-0.4, -0.2) is 19.9 Å². The molecule has 0 saturated carbocycles. The third kappa shape index (κ3) is 3.71. The summed E-state index contributed by atoms with van der Waals surface area (Å²) in [6.45, 7) is 5.09. The van der Waals surface area contributed by atoms with Gasteiger partial charge in [0, 0.05) is 23.6 Å². The molecule has 4 nitrogen and oxygen atoms in total. The minimum Gasteiger partial charge on any atom is -0.225 e. The molecule has 0 amide bonds. The van der Waals surface area contributed by atoms with Crippen molar-refractivity contribution in [2.24, 2.45) is 0 Å². The number of sulfonamides is 1. The molecule has 88 valence electrons. The molecule has 0 aliphatic heterocycles. The van der Waals surface area contributed by atoms with Crippen molar-refractivity contribution in [2.75, 3.05) is 6.54 Å². The molecule has 0 aliphatic carbocycles. The lowest BCUT2D eigenvalue weighted by atomic mass is 10.1. The second-order valence-electron chi connectivity index (χ2n) is 3.35. The van der Waals surface area contributed by atoms with Crippen molar-refractivity contribution in [2.45, 2.75) is 12.8 Å². The smallest absolute Gasteiger partial charge is 0.225 e. The largest absolute Gasteiger partial charge is 0.233 e. The lowest BCUT2D eigenvalue weighted by Gasteiger charge is -2.10. The Hall–Kier alpha value is -1.27. The number of pyridine rings is 1. The van der Waals surface area contributed by atoms with Crippen LogP contribution in [-0.2, 0) is 10.0 Å². The van der Waals surface area contributed by atoms with Crippen LogP contribution in [0.5, 0.6) is 0 Å². The van der Waals surface area contributed by atoms with Gasteiger partial charge in [-0.2, -0.15) is 4.39 Å². The summed E-state index contributed by atoms with van der Waals surface area (Å²) in [5.74, 6) is -0.777. The Morgan fingerprint density at radius 3 is 2.88 bits per heavy atom. The fraction of sp³-hybridized carbons (Fsp3) is 0.300. The van der Waals surface area contributed by atoms with Crippen LogP contribution in [0.3, 0.4) is 0 Å². The van der Waals surface area contributed by atoms with Crippen LogP contribution < -0.4 is 4.72 Å². The van der Waals surface area contributed by atoms with Gasteiger partial charge in [0.25, 0.3) is 0 Å². The van der Waals surface area contributed by atoms with E-state index in [-0.39, 0.29) is 12.5 Å². The molecular weight excluding hydrogens is 231 g/mol. The van der Waals surface area contributed by atoms with E-state index < -0.39 is 16.0 Å². The van der Waals surface area contributed by atoms with Gasteiger partial charge in [0.1, 0.15) is 0 Å². The van der Waals surface area contributed by atoms with E-state index in [1.165, 1.54) is 12.1 Å². The second-order valence-corrected chi connectivity index (χ2v) is 5.06. The molecular formula is C10H13FN2O2S. The third-order valence-corrected chi connectivity index (χ3v) is 3.06. The Labute approximate surface area is 94.3 Å². The summed E-state index contributed by atoms with van der Waals surface area (Å²) < 4.78 is 37.3. The quantitative estimate of drug-likeness (QED) is 0.796. The topological polar surface area (TPSA) is 59.1 Å². The predicted octanol–water partition coefficient (Wildman–Crippen LogP) is 1.39. The Bertz CT molecular complexity index is 473. The van der Waals surface area contributed by atoms with E-state index in [1.54, 1.807) is 13.0 Å². The third-order valence-electron chi connectivity index (χ3n) is 2.05. The lowest BCUT2D eigenvalue weighted by molar-refractivity contribution is 0.561. The second kappa shape index (κ2) is 5.18. The number of aromatic nitrogens is 1. The fourth-order valence-corrected chi connectivity index (χ4v) is 1.70. The van der Waals surface area contributed by atoms with Crippen LogP contribution in [0.4, 0.5) is 4.39 Å². The Kier molecular flexibility index (Phi) is 4.14. The van der Waals surface area contributed by atoms with Gasteiger partial charge in [-0.3, -0.25) is 0 Å². The van der Waals surface area contributed by atoms with Crippen molar-refractivity contribution in [1.29, 1.82) is 0 Å². The molecule has 0 radical (unpaired) electrons. The molecule has 1 aromatic heterocycles. The SMILES string of the molecule is C=CS(=O)(=O)NCC(C)c1cccc(F)n1. The van der Waals surface area contributed by atoms with Gasteiger partial charge in [0.2, 0.25) is 16.0 Å². The summed E-state index contributed by atoms with van der Waals surface area (Å²) in [6.07, 6.45) is 0. The van der Waals surface area contributed by atoms with E-state index >= 15 is 0 Å². The van der Waals surface area contributed by atoms with Crippen molar-refractivity contribution < 1.29 is 12.8 Å². The molecule has 1 rings (SSSR count). The molecule has 1 unspecified atom stereocenters. The van der Waals surface area contributed by atoms with Gasteiger partial charge in [0.05, 0.1) is 0 Å². The number of hydrogen-bond donors (Lipinski definition) is 1. The Morgan fingerprint density at radius 2 is 2.31 bits per heavy atom. The average Bonchev–Trinajstić information content (AvgIpc) is 2.26. The molecule has 1 N–H and O–H groups in total. The highest BCUT2D eigenvalue weighted by atomic mass is 32.2. The van der Waals surface area contributed by atoms with Crippen LogP contribution in [0.25, 0.3) is 0 Å². The fourth-order valence-electron chi connectivity index (χ4n) is 1.10. The molecule has 1 atom stereocenters. The number of hydrogen-bond acceptors (Lipinski definition) is 3. The lowest BCUT2D eigenvalue weighted by Crippen LogP contribution is -2.26. The van der Waals surface area contributed by atoms with Gasteiger partial charge in [-0.05, 0) is 12.1 Å². The van der Waals surface area contributed by atoms with E-state index in [4.69, 9.17) is 0 Å². The normalized spacial score (nSPS) is 13.4. The van der Waals surface area contributed by atoms with Gasteiger partial charge in [0.15, 0.2) is 0 Å². The number of halogens is 1. The van der Waals surface area contributed by atoms with E-state index in [2.05, 4.69) is 16.3 Å². The van der Waals surface area contributed by atoms with Crippen molar-refractivity contribution in [3.8, 4) is 0 Å². The van der Waals surface area contributed by atoms with Crippen molar-refractivity contribution in [1.82, 2.24) is 9.71 Å². The van der Waals surface area contributed by atoms with Crippen LogP contribution in [0.15, 0.2) is 30.2 Å². The summed E-state index contributed by atoms with van der Waals surface area (Å²) in [4.78, 5) is 3.67. The Morgan fingerprint density at radius 1 is 1.62 bits per heavy atom. The highest BCUT2D eigenvalue weighted by molar-refractivity contribution is 7.92. The maximum atomic E-state index is 12.8. The number of nitrogens with zero attached hydrogens (tertiary/aromatic N) is 1. The highest BCUT2D eigenvalue weighted by Gasteiger charge is 2.11. The molecule has 0 saturated heterocycles. The van der Waals surface area contributed by atoms with Crippen LogP contribution >= 0.6 is 0 Å². The van der Waals surface area contributed by atoms with Gasteiger partial charge in [-0.1, -0.05) is 19.6 Å². The maximum Gasteiger partial charge on any atom is 0.233 e. The van der Waals surface area contributed by atoms with Crippen molar-refractivity contribution in [3.05, 3.63) is 41.8 Å². The number of nitrogens with one attached hydrogen (secondary N) is 1. The zero-order valence-electron chi connectivity index (χ0n) is 8.85. The molecule has 0 spiro atoms. The first-order valence-electron chi connectivity index (χ1n) is 4.69. The van der Waals surface area contributed by atoms with Gasteiger partial charge in [-0.15, -0.1) is 0 Å². The summed E-state index contributed by atoms with van der Waals surface area (Å²) >= 11 is 0. The molecule has 1 aromatic rings. The first-order valence-corrected chi connectivity index (χ1v) is 6.24. The van der Waals surface area contributed by atoms with Gasteiger partial charge in [-0.25, -0.2) is 18.1 Å². The summed E-state index contributed by atoms with van der Waals surface area (Å²) in [5.41, 5.74) is 0.506. The zero-order valence-corrected chi connectivity index (χ0v) is 9.67.